The maximum absolute atomic E-state index is 12.6. The van der Waals surface area contributed by atoms with Crippen LogP contribution in [-0.2, 0) is 31.9 Å². The summed E-state index contributed by atoms with van der Waals surface area (Å²) in [5.41, 5.74) is 4.18. The lowest BCUT2D eigenvalue weighted by Gasteiger charge is -2.13. The Morgan fingerprint density at radius 2 is 1.84 bits per heavy atom. The zero-order valence-corrected chi connectivity index (χ0v) is 23.3. The Bertz CT molecular complexity index is 1040. The minimum absolute atomic E-state index is 0.176. The van der Waals surface area contributed by atoms with Crippen molar-refractivity contribution in [2.24, 2.45) is 0 Å². The number of aromatic nitrogens is 2. The number of aromatic amines is 1. The molecule has 37 heavy (non-hydrogen) atoms. The Morgan fingerprint density at radius 3 is 2.59 bits per heavy atom. The Labute approximate surface area is 222 Å². The molecule has 202 valence electrons. The van der Waals surface area contributed by atoms with Crippen LogP contribution in [-0.4, -0.2) is 59.7 Å². The molecule has 0 aliphatic carbocycles. The average molecular weight is 510 g/mol. The lowest BCUT2D eigenvalue weighted by atomic mass is 10.1. The van der Waals surface area contributed by atoms with Gasteiger partial charge in [-0.05, 0) is 67.1 Å². The summed E-state index contributed by atoms with van der Waals surface area (Å²) in [7, 11) is 4.07. The van der Waals surface area contributed by atoms with E-state index < -0.39 is 12.1 Å². The number of allylic oxidation sites excluding steroid dienone is 6. The van der Waals surface area contributed by atoms with Gasteiger partial charge in [-0.2, -0.15) is 0 Å². The second-order valence-electron chi connectivity index (χ2n) is 10.1. The number of H-pyrrole nitrogens is 1. The van der Waals surface area contributed by atoms with Gasteiger partial charge in [0.2, 0.25) is 0 Å². The fourth-order valence-electron chi connectivity index (χ4n) is 3.88. The third-order valence-corrected chi connectivity index (χ3v) is 5.81. The number of likely N-dealkylation sites (N-methyl/N-ethyl adjacent to an activating group) is 1. The van der Waals surface area contributed by atoms with Crippen molar-refractivity contribution in [2.75, 3.05) is 20.6 Å². The number of carbonyl (C=O) groups excluding carboxylic acids is 2. The predicted octanol–water partition coefficient (Wildman–Crippen LogP) is 5.43. The van der Waals surface area contributed by atoms with Gasteiger partial charge in [0.05, 0.1) is 0 Å². The van der Waals surface area contributed by atoms with Gasteiger partial charge in [0, 0.05) is 43.8 Å². The molecule has 1 unspecified atom stereocenters. The molecule has 2 rings (SSSR count). The van der Waals surface area contributed by atoms with Crippen LogP contribution in [0.2, 0.25) is 0 Å². The second-order valence-corrected chi connectivity index (χ2v) is 10.1. The number of hydrogen-bond acceptors (Lipinski definition) is 6. The number of cyclic esters (lactones) is 2. The lowest BCUT2D eigenvalue weighted by Crippen LogP contribution is -2.18. The quantitative estimate of drug-likeness (QED) is 0.421. The van der Waals surface area contributed by atoms with Crippen LogP contribution in [0, 0.1) is 0 Å². The van der Waals surface area contributed by atoms with Gasteiger partial charge in [0.15, 0.2) is 0 Å². The van der Waals surface area contributed by atoms with Crippen molar-refractivity contribution in [3.8, 4) is 0 Å². The molecule has 0 radical (unpaired) electrons. The van der Waals surface area contributed by atoms with E-state index in [0.29, 0.717) is 19.3 Å². The van der Waals surface area contributed by atoms with E-state index in [1.165, 1.54) is 11.6 Å². The topological polar surface area (TPSA) is 84.5 Å². The highest BCUT2D eigenvalue weighted by atomic mass is 16.5. The number of ether oxygens (including phenoxy) is 2. The van der Waals surface area contributed by atoms with Gasteiger partial charge in [0.25, 0.3) is 0 Å². The van der Waals surface area contributed by atoms with Crippen molar-refractivity contribution in [1.82, 2.24) is 14.9 Å². The van der Waals surface area contributed by atoms with Crippen molar-refractivity contribution in [3.05, 3.63) is 77.0 Å². The first kappa shape index (κ1) is 30.0. The van der Waals surface area contributed by atoms with Crippen molar-refractivity contribution in [1.29, 1.82) is 0 Å². The summed E-state index contributed by atoms with van der Waals surface area (Å²) in [6.07, 6.45) is 18.2. The zero-order chi connectivity index (χ0) is 27.2. The molecule has 1 aliphatic rings. The van der Waals surface area contributed by atoms with E-state index in [-0.39, 0.29) is 12.1 Å². The summed E-state index contributed by atoms with van der Waals surface area (Å²) < 4.78 is 11.3. The van der Waals surface area contributed by atoms with Gasteiger partial charge < -0.3 is 19.4 Å². The van der Waals surface area contributed by atoms with Crippen LogP contribution in [0.1, 0.15) is 64.9 Å². The van der Waals surface area contributed by atoms with Gasteiger partial charge >= 0.3 is 11.9 Å². The van der Waals surface area contributed by atoms with E-state index in [4.69, 9.17) is 9.47 Å². The number of hydrogen-bond donors (Lipinski definition) is 1. The zero-order valence-electron chi connectivity index (χ0n) is 23.3. The van der Waals surface area contributed by atoms with Crippen LogP contribution in [0.5, 0.6) is 0 Å². The highest BCUT2D eigenvalue weighted by molar-refractivity contribution is 5.82. The largest absolute Gasteiger partial charge is 0.462 e. The van der Waals surface area contributed by atoms with E-state index in [0.717, 1.165) is 48.5 Å². The SMILES string of the molecule is CC(/C=C/C(C)=C/C1Cc2ncc([nH]2)CCCCC(=O)O[C@@H](C)C/C(C)=C/C=C\C(=O)O1)=C\CN(C)C. The number of esters is 2. The van der Waals surface area contributed by atoms with Gasteiger partial charge in [-0.1, -0.05) is 47.1 Å². The Balaban J connectivity index is 2.21. The third kappa shape index (κ3) is 13.1. The number of imidazole rings is 1. The van der Waals surface area contributed by atoms with Gasteiger partial charge in [-0.25, -0.2) is 9.78 Å². The van der Waals surface area contributed by atoms with Gasteiger partial charge in [0.1, 0.15) is 18.0 Å². The van der Waals surface area contributed by atoms with Crippen molar-refractivity contribution < 1.29 is 19.1 Å². The highest BCUT2D eigenvalue weighted by Crippen LogP contribution is 2.14. The monoisotopic (exact) mass is 509 g/mol. The maximum Gasteiger partial charge on any atom is 0.331 e. The first-order chi connectivity index (χ1) is 17.6. The van der Waals surface area contributed by atoms with Crippen LogP contribution < -0.4 is 0 Å². The van der Waals surface area contributed by atoms with Crippen molar-refractivity contribution >= 4 is 11.9 Å². The van der Waals surface area contributed by atoms with E-state index in [1.54, 1.807) is 6.08 Å². The molecular formula is C30H43N3O4. The molecule has 1 N–H and O–H groups in total. The molecule has 0 saturated heterocycles. The van der Waals surface area contributed by atoms with Crippen molar-refractivity contribution in [2.45, 2.75) is 78.4 Å². The number of fused-ring (bicyclic) bond motifs is 2. The lowest BCUT2D eigenvalue weighted by molar-refractivity contribution is -0.148. The summed E-state index contributed by atoms with van der Waals surface area (Å²) in [5, 5.41) is 0. The number of nitrogens with one attached hydrogen (secondary N) is 1. The molecular weight excluding hydrogens is 466 g/mol. The average Bonchev–Trinajstić information content (AvgIpc) is 3.25. The molecule has 2 atom stereocenters. The first-order valence-electron chi connectivity index (χ1n) is 13.1. The molecule has 7 heteroatoms. The number of rotatable bonds is 5. The number of nitrogens with zero attached hydrogens (tertiary/aromatic N) is 2. The molecule has 1 aromatic rings. The van der Waals surface area contributed by atoms with Crippen molar-refractivity contribution in [3.63, 3.8) is 0 Å². The Morgan fingerprint density at radius 1 is 1.11 bits per heavy atom. The molecule has 0 spiro atoms. The summed E-state index contributed by atoms with van der Waals surface area (Å²) >= 11 is 0. The van der Waals surface area contributed by atoms with E-state index in [1.807, 2.05) is 59.3 Å². The summed E-state index contributed by atoms with van der Waals surface area (Å²) in [4.78, 5) is 34.7. The van der Waals surface area contributed by atoms with E-state index >= 15 is 0 Å². The third-order valence-electron chi connectivity index (χ3n) is 5.81. The smallest absolute Gasteiger partial charge is 0.331 e. The van der Waals surface area contributed by atoms with E-state index in [9.17, 15) is 9.59 Å². The molecule has 1 aliphatic heterocycles. The standard InChI is InChI=1S/C30H43N3O4/c1-22(16-17-33(5)6)14-15-24(3)19-27-20-28-31-21-26(32-28)11-7-8-12-29(34)36-25(4)18-23(2)10-9-13-30(35)37-27/h9-10,13-16,19,21,25,27H,7-8,11-12,17-18,20H2,1-6H3,(H,31,32)/b13-9-,15-14+,22-16+,23-10+,24-19+/t25-,27?/m0/s1. The molecule has 2 bridgehead atoms. The number of carbonyl (C=O) groups is 2. The molecule has 0 saturated carbocycles. The van der Waals surface area contributed by atoms with Crippen LogP contribution in [0.15, 0.2) is 65.4 Å². The fourth-order valence-corrected chi connectivity index (χ4v) is 3.88. The highest BCUT2D eigenvalue weighted by Gasteiger charge is 2.15. The van der Waals surface area contributed by atoms with Gasteiger partial charge in [-0.3, -0.25) is 4.79 Å². The predicted molar refractivity (Wildman–Crippen MR) is 148 cm³/mol. The summed E-state index contributed by atoms with van der Waals surface area (Å²) in [6, 6.07) is 0. The Hall–Kier alpha value is -3.19. The minimum atomic E-state index is -0.468. The second kappa shape index (κ2) is 15.8. The molecule has 0 amide bonds. The normalized spacial score (nSPS) is 24.0. The van der Waals surface area contributed by atoms with Crippen LogP contribution in [0.25, 0.3) is 0 Å². The molecule has 2 heterocycles. The minimum Gasteiger partial charge on any atom is -0.462 e. The molecule has 0 aromatic carbocycles. The fraction of sp³-hybridized carbons (Fsp3) is 0.500. The van der Waals surface area contributed by atoms with Gasteiger partial charge in [-0.15, -0.1) is 0 Å². The van der Waals surface area contributed by atoms with Crippen LogP contribution in [0.3, 0.4) is 0 Å². The Kier molecular flexibility index (Phi) is 12.8. The summed E-state index contributed by atoms with van der Waals surface area (Å²) in [6.45, 7) is 8.78. The molecule has 0 fully saturated rings. The molecule has 1 aromatic heterocycles. The number of aryl methyl sites for hydroxylation is 1. The van der Waals surface area contributed by atoms with Crippen LogP contribution >= 0.6 is 0 Å². The van der Waals surface area contributed by atoms with Crippen LogP contribution in [0.4, 0.5) is 0 Å². The molecule has 7 nitrogen and oxygen atoms in total. The van der Waals surface area contributed by atoms with E-state index in [2.05, 4.69) is 33.9 Å². The summed E-state index contributed by atoms with van der Waals surface area (Å²) in [5.74, 6) is 0.159. The first-order valence-corrected chi connectivity index (χ1v) is 13.1. The maximum atomic E-state index is 12.6.